The normalized spacial score (nSPS) is 13.2. The molecule has 0 aliphatic rings. The zero-order valence-electron chi connectivity index (χ0n) is 15.1. The molecular weight excluding hydrogens is 336 g/mol. The first-order valence-corrected chi connectivity index (χ1v) is 8.60. The SMILES string of the molecule is CC(O)OCCOc1ccc(-c2ccc(OCCOC(C)O)cc2)cc1. The van der Waals surface area contributed by atoms with Gasteiger partial charge < -0.3 is 29.2 Å². The van der Waals surface area contributed by atoms with Crippen LogP contribution in [0, 0.1) is 0 Å². The van der Waals surface area contributed by atoms with Crippen LogP contribution < -0.4 is 9.47 Å². The van der Waals surface area contributed by atoms with Crippen LogP contribution in [0.25, 0.3) is 11.1 Å². The summed E-state index contributed by atoms with van der Waals surface area (Å²) >= 11 is 0. The molecule has 2 rings (SSSR count). The summed E-state index contributed by atoms with van der Waals surface area (Å²) in [6.07, 6.45) is -1.56. The molecule has 2 N–H and O–H groups in total. The molecule has 2 aromatic rings. The van der Waals surface area contributed by atoms with Crippen molar-refractivity contribution in [2.45, 2.75) is 26.4 Å². The molecule has 6 heteroatoms. The van der Waals surface area contributed by atoms with Crippen LogP contribution in [0.5, 0.6) is 11.5 Å². The van der Waals surface area contributed by atoms with Crippen molar-refractivity contribution in [2.24, 2.45) is 0 Å². The molecular formula is C20H26O6. The second kappa shape index (κ2) is 10.8. The summed E-state index contributed by atoms with van der Waals surface area (Å²) in [5.74, 6) is 1.50. The maximum atomic E-state index is 9.01. The third kappa shape index (κ3) is 7.41. The number of benzene rings is 2. The Labute approximate surface area is 153 Å². The van der Waals surface area contributed by atoms with Gasteiger partial charge in [-0.15, -0.1) is 0 Å². The number of hydrogen-bond acceptors (Lipinski definition) is 6. The average molecular weight is 362 g/mol. The van der Waals surface area contributed by atoms with E-state index >= 15 is 0 Å². The molecule has 0 fully saturated rings. The van der Waals surface area contributed by atoms with Gasteiger partial charge in [0.1, 0.15) is 24.7 Å². The van der Waals surface area contributed by atoms with Crippen molar-refractivity contribution in [2.75, 3.05) is 26.4 Å². The lowest BCUT2D eigenvalue weighted by Gasteiger charge is -2.10. The first kappa shape index (κ1) is 20.2. The maximum Gasteiger partial charge on any atom is 0.151 e. The summed E-state index contributed by atoms with van der Waals surface area (Å²) < 4.78 is 21.1. The number of aliphatic hydroxyl groups excluding tert-OH is 2. The van der Waals surface area contributed by atoms with E-state index in [4.69, 9.17) is 29.2 Å². The number of ether oxygens (including phenoxy) is 4. The molecule has 0 radical (unpaired) electrons. The summed E-state index contributed by atoms with van der Waals surface area (Å²) in [6, 6.07) is 15.5. The molecule has 142 valence electrons. The highest BCUT2D eigenvalue weighted by Gasteiger charge is 2.02. The van der Waals surface area contributed by atoms with E-state index in [-0.39, 0.29) is 0 Å². The molecule has 0 saturated heterocycles. The minimum absolute atomic E-state index is 0.336. The Bertz CT molecular complexity index is 564. The molecule has 0 aliphatic carbocycles. The third-order valence-corrected chi connectivity index (χ3v) is 3.46. The van der Waals surface area contributed by atoms with Gasteiger partial charge in [-0.1, -0.05) is 24.3 Å². The predicted octanol–water partition coefficient (Wildman–Crippen LogP) is 2.82. The molecule has 0 heterocycles. The molecule has 2 unspecified atom stereocenters. The molecule has 6 nitrogen and oxygen atoms in total. The van der Waals surface area contributed by atoms with Gasteiger partial charge >= 0.3 is 0 Å². The van der Waals surface area contributed by atoms with Gasteiger partial charge in [0.2, 0.25) is 0 Å². The maximum absolute atomic E-state index is 9.01. The number of rotatable bonds is 11. The molecule has 2 aromatic carbocycles. The van der Waals surface area contributed by atoms with Gasteiger partial charge in [-0.25, -0.2) is 0 Å². The fraction of sp³-hybridized carbons (Fsp3) is 0.400. The smallest absolute Gasteiger partial charge is 0.151 e. The predicted molar refractivity (Wildman–Crippen MR) is 98.1 cm³/mol. The van der Waals surface area contributed by atoms with Crippen molar-refractivity contribution >= 4 is 0 Å². The summed E-state index contributed by atoms with van der Waals surface area (Å²) in [5, 5.41) is 18.0. The Morgan fingerprint density at radius 3 is 1.27 bits per heavy atom. The number of aliphatic hydroxyl groups is 2. The minimum Gasteiger partial charge on any atom is -0.491 e. The first-order valence-electron chi connectivity index (χ1n) is 8.60. The summed E-state index contributed by atoms with van der Waals surface area (Å²) in [7, 11) is 0. The van der Waals surface area contributed by atoms with Crippen molar-refractivity contribution in [3.63, 3.8) is 0 Å². The fourth-order valence-electron chi connectivity index (χ4n) is 2.24. The van der Waals surface area contributed by atoms with Crippen LogP contribution in [0.1, 0.15) is 13.8 Å². The Morgan fingerprint density at radius 2 is 0.962 bits per heavy atom. The molecule has 0 spiro atoms. The summed E-state index contributed by atoms with van der Waals surface area (Å²) in [6.45, 7) is 4.57. The largest absolute Gasteiger partial charge is 0.491 e. The Balaban J connectivity index is 1.81. The van der Waals surface area contributed by atoms with Gasteiger partial charge in [0.15, 0.2) is 12.6 Å². The lowest BCUT2D eigenvalue weighted by Crippen LogP contribution is -2.13. The van der Waals surface area contributed by atoms with Crippen molar-refractivity contribution in [1.29, 1.82) is 0 Å². The molecule has 0 aliphatic heterocycles. The van der Waals surface area contributed by atoms with Crippen LogP contribution >= 0.6 is 0 Å². The van der Waals surface area contributed by atoms with Crippen LogP contribution in [-0.4, -0.2) is 49.2 Å². The van der Waals surface area contributed by atoms with Crippen LogP contribution in [0.4, 0.5) is 0 Å². The van der Waals surface area contributed by atoms with Gasteiger partial charge in [-0.3, -0.25) is 0 Å². The zero-order chi connectivity index (χ0) is 18.8. The van der Waals surface area contributed by atoms with Gasteiger partial charge in [-0.05, 0) is 49.2 Å². The lowest BCUT2D eigenvalue weighted by molar-refractivity contribution is -0.0917. The molecule has 0 bridgehead atoms. The zero-order valence-corrected chi connectivity index (χ0v) is 15.1. The highest BCUT2D eigenvalue weighted by molar-refractivity contribution is 5.64. The van der Waals surface area contributed by atoms with Gasteiger partial charge in [0, 0.05) is 0 Å². The van der Waals surface area contributed by atoms with Crippen LogP contribution in [0.15, 0.2) is 48.5 Å². The van der Waals surface area contributed by atoms with Crippen LogP contribution in [-0.2, 0) is 9.47 Å². The standard InChI is InChI=1S/C20H26O6/c1-15(21)23-11-13-25-19-7-3-17(4-8-19)18-5-9-20(10-6-18)26-14-12-24-16(2)22/h3-10,15-16,21-22H,11-14H2,1-2H3. The average Bonchev–Trinajstić information content (AvgIpc) is 2.63. The third-order valence-electron chi connectivity index (χ3n) is 3.46. The van der Waals surface area contributed by atoms with Crippen molar-refractivity contribution in [3.8, 4) is 22.6 Å². The topological polar surface area (TPSA) is 77.4 Å². The van der Waals surface area contributed by atoms with Crippen LogP contribution in [0.2, 0.25) is 0 Å². The van der Waals surface area contributed by atoms with Gasteiger partial charge in [0.25, 0.3) is 0 Å². The second-order valence-corrected chi connectivity index (χ2v) is 5.69. The summed E-state index contributed by atoms with van der Waals surface area (Å²) in [4.78, 5) is 0. The van der Waals surface area contributed by atoms with E-state index in [1.165, 1.54) is 0 Å². The van der Waals surface area contributed by atoms with Gasteiger partial charge in [0.05, 0.1) is 13.2 Å². The Morgan fingerprint density at radius 1 is 0.615 bits per heavy atom. The van der Waals surface area contributed by atoms with Gasteiger partial charge in [-0.2, -0.15) is 0 Å². The van der Waals surface area contributed by atoms with E-state index < -0.39 is 12.6 Å². The molecule has 26 heavy (non-hydrogen) atoms. The van der Waals surface area contributed by atoms with E-state index in [1.807, 2.05) is 48.5 Å². The van der Waals surface area contributed by atoms with E-state index in [9.17, 15) is 0 Å². The minimum atomic E-state index is -0.779. The summed E-state index contributed by atoms with van der Waals surface area (Å²) in [5.41, 5.74) is 2.14. The highest BCUT2D eigenvalue weighted by atomic mass is 16.6. The fourth-order valence-corrected chi connectivity index (χ4v) is 2.24. The van der Waals surface area contributed by atoms with Crippen molar-refractivity contribution in [1.82, 2.24) is 0 Å². The van der Waals surface area contributed by atoms with E-state index in [0.717, 1.165) is 22.6 Å². The van der Waals surface area contributed by atoms with Crippen molar-refractivity contribution < 1.29 is 29.2 Å². The monoisotopic (exact) mass is 362 g/mol. The van der Waals surface area contributed by atoms with Crippen molar-refractivity contribution in [3.05, 3.63) is 48.5 Å². The lowest BCUT2D eigenvalue weighted by atomic mass is 10.1. The molecule has 0 amide bonds. The highest BCUT2D eigenvalue weighted by Crippen LogP contribution is 2.24. The van der Waals surface area contributed by atoms with E-state index in [2.05, 4.69) is 0 Å². The van der Waals surface area contributed by atoms with E-state index in [1.54, 1.807) is 13.8 Å². The Kier molecular flexibility index (Phi) is 8.37. The molecule has 2 atom stereocenters. The van der Waals surface area contributed by atoms with E-state index in [0.29, 0.717) is 26.4 Å². The molecule has 0 saturated carbocycles. The first-order chi connectivity index (χ1) is 12.5. The second-order valence-electron chi connectivity index (χ2n) is 5.69. The number of hydrogen-bond donors (Lipinski definition) is 2. The van der Waals surface area contributed by atoms with Crippen LogP contribution in [0.3, 0.4) is 0 Å². The molecule has 0 aromatic heterocycles. The quantitative estimate of drug-likeness (QED) is 0.473. The Hall–Kier alpha value is -2.12.